The molecule has 1 aromatic carbocycles. The van der Waals surface area contributed by atoms with E-state index in [9.17, 15) is 0 Å². The Hall–Kier alpha value is -1.22. The zero-order valence-electron chi connectivity index (χ0n) is 18.0. The van der Waals surface area contributed by atoms with Crippen molar-refractivity contribution in [2.24, 2.45) is 10.9 Å². The van der Waals surface area contributed by atoms with E-state index in [1.165, 1.54) is 25.9 Å². The number of nitrogens with zero attached hydrogens (tertiary/aromatic N) is 2. The molecule has 160 valence electrons. The summed E-state index contributed by atoms with van der Waals surface area (Å²) in [7, 11) is 3.30. The normalized spacial score (nSPS) is 18.8. The maximum absolute atomic E-state index is 5.38. The van der Waals surface area contributed by atoms with Crippen molar-refractivity contribution in [3.8, 4) is 11.5 Å². The van der Waals surface area contributed by atoms with Gasteiger partial charge in [-0.1, -0.05) is 13.0 Å². The van der Waals surface area contributed by atoms with E-state index in [0.29, 0.717) is 12.6 Å². The molecular weight excluding hydrogens is 467 g/mol. The summed E-state index contributed by atoms with van der Waals surface area (Å²) in [5.74, 6) is 3.12. The lowest BCUT2D eigenvalue weighted by Gasteiger charge is -2.35. The lowest BCUT2D eigenvalue weighted by atomic mass is 9.99. The molecule has 1 saturated heterocycles. The number of aliphatic imine (C=N–C) groups is 1. The Kier molecular flexibility index (Phi) is 11.6. The molecule has 6 nitrogen and oxygen atoms in total. The number of nitrogens with one attached hydrogen (secondary N) is 2. The fraction of sp³-hybridized carbons (Fsp3) is 0.667. The second-order valence-electron chi connectivity index (χ2n) is 7.36. The Morgan fingerprint density at radius 2 is 2.00 bits per heavy atom. The number of rotatable bonds is 8. The van der Waals surface area contributed by atoms with Gasteiger partial charge in [0.15, 0.2) is 17.5 Å². The SMILES string of the molecule is CCNC(=NCc1ccc(OC)c(OC)c1)NCC(C)N1CCCC(C)C1.I. The number of ether oxygens (including phenoxy) is 2. The quantitative estimate of drug-likeness (QED) is 0.323. The Bertz CT molecular complexity index is 612. The van der Waals surface area contributed by atoms with E-state index in [4.69, 9.17) is 14.5 Å². The topological polar surface area (TPSA) is 58.1 Å². The highest BCUT2D eigenvalue weighted by molar-refractivity contribution is 14.0. The van der Waals surface area contributed by atoms with Crippen molar-refractivity contribution in [1.29, 1.82) is 0 Å². The van der Waals surface area contributed by atoms with Crippen LogP contribution in [0.4, 0.5) is 0 Å². The molecule has 0 saturated carbocycles. The molecule has 0 aliphatic carbocycles. The largest absolute Gasteiger partial charge is 0.493 e. The van der Waals surface area contributed by atoms with Gasteiger partial charge in [-0.05, 0) is 56.8 Å². The summed E-state index contributed by atoms with van der Waals surface area (Å²) >= 11 is 0. The van der Waals surface area contributed by atoms with Gasteiger partial charge in [0.05, 0.1) is 20.8 Å². The Balaban J connectivity index is 0.00000392. The monoisotopic (exact) mass is 504 g/mol. The molecule has 2 unspecified atom stereocenters. The molecule has 7 heteroatoms. The first kappa shape index (κ1) is 24.8. The molecule has 0 radical (unpaired) electrons. The average molecular weight is 504 g/mol. The molecule has 0 aromatic heterocycles. The second-order valence-corrected chi connectivity index (χ2v) is 7.36. The number of halogens is 1. The number of methoxy groups -OCH3 is 2. The molecule has 0 spiro atoms. The van der Waals surface area contributed by atoms with Crippen molar-refractivity contribution in [2.45, 2.75) is 46.2 Å². The Morgan fingerprint density at radius 1 is 1.25 bits per heavy atom. The molecule has 1 aliphatic rings. The minimum atomic E-state index is 0. The summed E-state index contributed by atoms with van der Waals surface area (Å²) < 4.78 is 10.7. The van der Waals surface area contributed by atoms with Crippen LogP contribution in [-0.2, 0) is 6.54 Å². The molecule has 28 heavy (non-hydrogen) atoms. The maximum Gasteiger partial charge on any atom is 0.191 e. The molecule has 2 atom stereocenters. The molecule has 2 rings (SSSR count). The van der Waals surface area contributed by atoms with Gasteiger partial charge in [-0.15, -0.1) is 24.0 Å². The number of guanidine groups is 1. The van der Waals surface area contributed by atoms with Crippen LogP contribution in [-0.4, -0.2) is 57.3 Å². The molecule has 1 aromatic rings. The van der Waals surface area contributed by atoms with E-state index < -0.39 is 0 Å². The number of hydrogen-bond donors (Lipinski definition) is 2. The van der Waals surface area contributed by atoms with Crippen molar-refractivity contribution in [1.82, 2.24) is 15.5 Å². The third-order valence-corrected chi connectivity index (χ3v) is 5.09. The first-order chi connectivity index (χ1) is 13.1. The standard InChI is InChI=1S/C21H36N4O2.HI/c1-6-22-21(23-13-17(3)25-11-7-8-16(2)15-25)24-14-18-9-10-19(26-4)20(12-18)27-5;/h9-10,12,16-17H,6-8,11,13-15H2,1-5H3,(H2,22,23,24);1H. The minimum absolute atomic E-state index is 0. The summed E-state index contributed by atoms with van der Waals surface area (Å²) in [5.41, 5.74) is 1.09. The van der Waals surface area contributed by atoms with Gasteiger partial charge < -0.3 is 20.1 Å². The van der Waals surface area contributed by atoms with Crippen molar-refractivity contribution >= 4 is 29.9 Å². The van der Waals surface area contributed by atoms with Crippen LogP contribution in [0.5, 0.6) is 11.5 Å². The van der Waals surface area contributed by atoms with E-state index in [0.717, 1.165) is 42.0 Å². The lowest BCUT2D eigenvalue weighted by molar-refractivity contribution is 0.139. The van der Waals surface area contributed by atoms with E-state index in [2.05, 4.69) is 36.3 Å². The molecule has 1 heterocycles. The maximum atomic E-state index is 5.38. The zero-order valence-corrected chi connectivity index (χ0v) is 20.3. The minimum Gasteiger partial charge on any atom is -0.493 e. The molecule has 2 N–H and O–H groups in total. The zero-order chi connectivity index (χ0) is 19.6. The van der Waals surface area contributed by atoms with Gasteiger partial charge in [0, 0.05) is 25.7 Å². The van der Waals surface area contributed by atoms with Gasteiger partial charge in [0.2, 0.25) is 0 Å². The first-order valence-electron chi connectivity index (χ1n) is 10.0. The number of hydrogen-bond acceptors (Lipinski definition) is 4. The molecule has 1 aliphatic heterocycles. The predicted octanol–water partition coefficient (Wildman–Crippen LogP) is 3.50. The van der Waals surface area contributed by atoms with Gasteiger partial charge in [-0.3, -0.25) is 4.90 Å². The number of benzene rings is 1. The van der Waals surface area contributed by atoms with E-state index in [1.807, 2.05) is 18.2 Å². The summed E-state index contributed by atoms with van der Waals surface area (Å²) in [6.45, 7) is 11.4. The van der Waals surface area contributed by atoms with Crippen LogP contribution in [0.1, 0.15) is 39.2 Å². The molecule has 1 fully saturated rings. The van der Waals surface area contributed by atoms with Crippen LogP contribution in [0, 0.1) is 5.92 Å². The van der Waals surface area contributed by atoms with Crippen molar-refractivity contribution < 1.29 is 9.47 Å². The fourth-order valence-corrected chi connectivity index (χ4v) is 3.49. The van der Waals surface area contributed by atoms with E-state index >= 15 is 0 Å². The molecule has 0 amide bonds. The summed E-state index contributed by atoms with van der Waals surface area (Å²) in [5, 5.41) is 6.83. The first-order valence-corrected chi connectivity index (χ1v) is 10.0. The van der Waals surface area contributed by atoms with Crippen LogP contribution in [0.15, 0.2) is 23.2 Å². The Labute approximate surface area is 187 Å². The van der Waals surface area contributed by atoms with Gasteiger partial charge in [0.1, 0.15) is 0 Å². The summed E-state index contributed by atoms with van der Waals surface area (Å²) in [4.78, 5) is 7.31. The van der Waals surface area contributed by atoms with Gasteiger partial charge in [0.25, 0.3) is 0 Å². The highest BCUT2D eigenvalue weighted by Gasteiger charge is 2.20. The van der Waals surface area contributed by atoms with Gasteiger partial charge >= 0.3 is 0 Å². The van der Waals surface area contributed by atoms with Crippen molar-refractivity contribution in [3.05, 3.63) is 23.8 Å². The number of piperidine rings is 1. The highest BCUT2D eigenvalue weighted by atomic mass is 127. The van der Waals surface area contributed by atoms with Crippen LogP contribution >= 0.6 is 24.0 Å². The second kappa shape index (κ2) is 13.1. The van der Waals surface area contributed by atoms with E-state index in [1.54, 1.807) is 14.2 Å². The van der Waals surface area contributed by atoms with Crippen LogP contribution in [0.25, 0.3) is 0 Å². The predicted molar refractivity (Wildman–Crippen MR) is 127 cm³/mol. The van der Waals surface area contributed by atoms with Crippen molar-refractivity contribution in [3.63, 3.8) is 0 Å². The summed E-state index contributed by atoms with van der Waals surface area (Å²) in [6, 6.07) is 6.41. The Morgan fingerprint density at radius 3 is 2.64 bits per heavy atom. The summed E-state index contributed by atoms with van der Waals surface area (Å²) in [6.07, 6.45) is 2.66. The van der Waals surface area contributed by atoms with Crippen LogP contribution in [0.3, 0.4) is 0 Å². The lowest BCUT2D eigenvalue weighted by Crippen LogP contribution is -2.48. The van der Waals surface area contributed by atoms with Crippen molar-refractivity contribution in [2.75, 3.05) is 40.4 Å². The van der Waals surface area contributed by atoms with Gasteiger partial charge in [-0.2, -0.15) is 0 Å². The van der Waals surface area contributed by atoms with E-state index in [-0.39, 0.29) is 24.0 Å². The smallest absolute Gasteiger partial charge is 0.191 e. The molecule has 0 bridgehead atoms. The fourth-order valence-electron chi connectivity index (χ4n) is 3.49. The van der Waals surface area contributed by atoms with Crippen LogP contribution < -0.4 is 20.1 Å². The van der Waals surface area contributed by atoms with Crippen LogP contribution in [0.2, 0.25) is 0 Å². The molecular formula is C21H37IN4O2. The third-order valence-electron chi connectivity index (χ3n) is 5.09. The number of likely N-dealkylation sites (tertiary alicyclic amines) is 1. The van der Waals surface area contributed by atoms with Gasteiger partial charge in [-0.25, -0.2) is 4.99 Å². The third kappa shape index (κ3) is 7.66. The highest BCUT2D eigenvalue weighted by Crippen LogP contribution is 2.27. The average Bonchev–Trinajstić information content (AvgIpc) is 2.69.